The van der Waals surface area contributed by atoms with Crippen LogP contribution < -0.4 is 5.69 Å². The molecule has 0 saturated heterocycles. The maximum atomic E-state index is 12.3. The summed E-state index contributed by atoms with van der Waals surface area (Å²) in [7, 11) is 0. The molecular weight excluding hydrogens is 333 g/mol. The van der Waals surface area contributed by atoms with Gasteiger partial charge in [-0.1, -0.05) is 55.1 Å². The molecule has 0 aliphatic carbocycles. The number of hydrogen-bond acceptors (Lipinski definition) is 2. The van der Waals surface area contributed by atoms with Crippen LogP contribution in [0.2, 0.25) is 10.0 Å². The Balaban J connectivity index is 2.23. The van der Waals surface area contributed by atoms with Crippen molar-refractivity contribution < 1.29 is 0 Å². The number of benzene rings is 1. The van der Waals surface area contributed by atoms with Crippen molar-refractivity contribution in [1.82, 2.24) is 14.5 Å². The lowest BCUT2D eigenvalue weighted by Gasteiger charge is -2.10. The zero-order chi connectivity index (χ0) is 16.4. The van der Waals surface area contributed by atoms with Crippen molar-refractivity contribution in [3.8, 4) is 11.1 Å². The van der Waals surface area contributed by atoms with Crippen molar-refractivity contribution in [3.63, 3.8) is 0 Å². The van der Waals surface area contributed by atoms with Gasteiger partial charge in [-0.05, 0) is 24.1 Å². The van der Waals surface area contributed by atoms with Gasteiger partial charge >= 0.3 is 5.69 Å². The minimum Gasteiger partial charge on any atom is -0.290 e. The first-order valence-electron chi connectivity index (χ1n) is 7.64. The van der Waals surface area contributed by atoms with Crippen molar-refractivity contribution in [2.24, 2.45) is 0 Å². The third kappa shape index (κ3) is 3.14. The van der Waals surface area contributed by atoms with Crippen LogP contribution in [0.5, 0.6) is 0 Å². The lowest BCUT2D eigenvalue weighted by molar-refractivity contribution is 0.601. The van der Waals surface area contributed by atoms with E-state index in [-0.39, 0.29) is 5.69 Å². The van der Waals surface area contributed by atoms with Crippen molar-refractivity contribution in [1.29, 1.82) is 0 Å². The number of H-pyrrole nitrogens is 1. The van der Waals surface area contributed by atoms with Gasteiger partial charge in [-0.25, -0.2) is 9.78 Å². The summed E-state index contributed by atoms with van der Waals surface area (Å²) in [5.41, 5.74) is 2.79. The van der Waals surface area contributed by atoms with Crippen LogP contribution in [0.25, 0.3) is 22.3 Å². The SMILES string of the molecule is CCCCCn1c(=O)[nH]c2ncc(Cl)c(-c3cccc(Cl)c3)c21. The summed E-state index contributed by atoms with van der Waals surface area (Å²) < 4.78 is 1.72. The molecule has 0 fully saturated rings. The van der Waals surface area contributed by atoms with E-state index < -0.39 is 0 Å². The Morgan fingerprint density at radius 1 is 1.26 bits per heavy atom. The van der Waals surface area contributed by atoms with Crippen LogP contribution in [0.15, 0.2) is 35.3 Å². The molecule has 6 heteroatoms. The second-order valence-electron chi connectivity index (χ2n) is 5.48. The van der Waals surface area contributed by atoms with Crippen LogP contribution in [-0.2, 0) is 6.54 Å². The smallest absolute Gasteiger partial charge is 0.290 e. The number of rotatable bonds is 5. The average molecular weight is 350 g/mol. The Morgan fingerprint density at radius 3 is 2.83 bits per heavy atom. The Bertz CT molecular complexity index is 898. The van der Waals surface area contributed by atoms with Crippen molar-refractivity contribution in [2.45, 2.75) is 32.7 Å². The third-order valence-electron chi connectivity index (χ3n) is 3.85. The summed E-state index contributed by atoms with van der Waals surface area (Å²) in [6.07, 6.45) is 4.66. The molecule has 0 radical (unpaired) electrons. The molecular formula is C17H17Cl2N3O. The van der Waals surface area contributed by atoms with E-state index in [1.54, 1.807) is 10.8 Å². The summed E-state index contributed by atoms with van der Waals surface area (Å²) in [6.45, 7) is 2.77. The minimum atomic E-state index is -0.158. The number of unbranched alkanes of at least 4 members (excludes halogenated alkanes) is 2. The Hall–Kier alpha value is -1.78. The molecule has 0 saturated carbocycles. The zero-order valence-electron chi connectivity index (χ0n) is 12.8. The summed E-state index contributed by atoms with van der Waals surface area (Å²) in [4.78, 5) is 19.4. The molecule has 4 nitrogen and oxygen atoms in total. The van der Waals surface area contributed by atoms with Gasteiger partial charge in [0.2, 0.25) is 0 Å². The Kier molecular flexibility index (Phi) is 4.74. The molecule has 0 unspecified atom stereocenters. The minimum absolute atomic E-state index is 0.158. The lowest BCUT2D eigenvalue weighted by atomic mass is 10.1. The van der Waals surface area contributed by atoms with E-state index in [0.717, 1.165) is 35.9 Å². The normalized spacial score (nSPS) is 11.3. The fraction of sp³-hybridized carbons (Fsp3) is 0.294. The summed E-state index contributed by atoms with van der Waals surface area (Å²) in [5, 5.41) is 1.13. The van der Waals surface area contributed by atoms with Crippen LogP contribution in [0.4, 0.5) is 0 Å². The number of pyridine rings is 1. The van der Waals surface area contributed by atoms with Crippen LogP contribution in [0.1, 0.15) is 26.2 Å². The van der Waals surface area contributed by atoms with Crippen LogP contribution >= 0.6 is 23.2 Å². The van der Waals surface area contributed by atoms with Gasteiger partial charge in [-0.2, -0.15) is 0 Å². The fourth-order valence-corrected chi connectivity index (χ4v) is 3.19. The van der Waals surface area contributed by atoms with E-state index in [0.29, 0.717) is 22.2 Å². The van der Waals surface area contributed by atoms with Crippen LogP contribution in [-0.4, -0.2) is 14.5 Å². The first kappa shape index (κ1) is 16.1. The number of imidazole rings is 1. The van der Waals surface area contributed by atoms with Gasteiger partial charge in [0.15, 0.2) is 5.65 Å². The summed E-state index contributed by atoms with van der Waals surface area (Å²) >= 11 is 12.5. The standard InChI is InChI=1S/C17H17Cl2N3O/c1-2-3-4-8-22-15-14(11-6-5-7-12(18)9-11)13(19)10-20-16(15)21-17(22)23/h5-7,9-10H,2-4,8H2,1H3,(H,20,21,23). The molecule has 2 heterocycles. The van der Waals surface area contributed by atoms with Gasteiger partial charge in [0.1, 0.15) is 0 Å². The molecule has 23 heavy (non-hydrogen) atoms. The van der Waals surface area contributed by atoms with Gasteiger partial charge in [-0.15, -0.1) is 0 Å². The number of aryl methyl sites for hydroxylation is 1. The molecule has 2 aromatic heterocycles. The number of aromatic nitrogens is 3. The van der Waals surface area contributed by atoms with Gasteiger partial charge < -0.3 is 0 Å². The van der Waals surface area contributed by atoms with E-state index in [2.05, 4.69) is 16.9 Å². The molecule has 1 aromatic carbocycles. The topological polar surface area (TPSA) is 50.7 Å². The van der Waals surface area contributed by atoms with E-state index in [9.17, 15) is 4.79 Å². The predicted octanol–water partition coefficient (Wildman–Crippen LogP) is 4.89. The molecule has 3 rings (SSSR count). The van der Waals surface area contributed by atoms with Gasteiger partial charge in [0.25, 0.3) is 0 Å². The van der Waals surface area contributed by atoms with E-state index >= 15 is 0 Å². The number of nitrogens with zero attached hydrogens (tertiary/aromatic N) is 2. The van der Waals surface area contributed by atoms with E-state index in [1.165, 1.54) is 0 Å². The highest BCUT2D eigenvalue weighted by atomic mass is 35.5. The third-order valence-corrected chi connectivity index (χ3v) is 4.37. The van der Waals surface area contributed by atoms with Crippen molar-refractivity contribution in [3.05, 3.63) is 51.0 Å². The average Bonchev–Trinajstić information content (AvgIpc) is 2.84. The predicted molar refractivity (Wildman–Crippen MR) is 95.3 cm³/mol. The molecule has 0 aliphatic heterocycles. The highest BCUT2D eigenvalue weighted by molar-refractivity contribution is 6.35. The second kappa shape index (κ2) is 6.77. The summed E-state index contributed by atoms with van der Waals surface area (Å²) in [6, 6.07) is 7.45. The quantitative estimate of drug-likeness (QED) is 0.666. The molecule has 120 valence electrons. The molecule has 0 atom stereocenters. The largest absolute Gasteiger partial charge is 0.327 e. The maximum Gasteiger partial charge on any atom is 0.327 e. The monoisotopic (exact) mass is 349 g/mol. The highest BCUT2D eigenvalue weighted by Gasteiger charge is 2.17. The molecule has 1 N–H and O–H groups in total. The number of nitrogens with one attached hydrogen (secondary N) is 1. The number of hydrogen-bond donors (Lipinski definition) is 1. The van der Waals surface area contributed by atoms with Crippen molar-refractivity contribution in [2.75, 3.05) is 0 Å². The lowest BCUT2D eigenvalue weighted by Crippen LogP contribution is -2.17. The molecule has 3 aromatic rings. The van der Waals surface area contributed by atoms with Crippen molar-refractivity contribution >= 4 is 34.4 Å². The van der Waals surface area contributed by atoms with Gasteiger partial charge in [0.05, 0.1) is 10.5 Å². The number of halogens is 2. The number of aromatic amines is 1. The first-order chi connectivity index (χ1) is 11.1. The molecule has 0 spiro atoms. The van der Waals surface area contributed by atoms with E-state index in [4.69, 9.17) is 23.2 Å². The Labute approximate surface area is 144 Å². The molecule has 0 aliphatic rings. The summed E-state index contributed by atoms with van der Waals surface area (Å²) in [5.74, 6) is 0. The zero-order valence-corrected chi connectivity index (χ0v) is 14.3. The van der Waals surface area contributed by atoms with Crippen LogP contribution in [0, 0.1) is 0 Å². The highest BCUT2D eigenvalue weighted by Crippen LogP contribution is 2.34. The molecule has 0 amide bonds. The fourth-order valence-electron chi connectivity index (χ4n) is 2.75. The van der Waals surface area contributed by atoms with E-state index in [1.807, 2.05) is 24.3 Å². The molecule has 0 bridgehead atoms. The van der Waals surface area contributed by atoms with Crippen LogP contribution in [0.3, 0.4) is 0 Å². The van der Waals surface area contributed by atoms with Gasteiger partial charge in [-0.3, -0.25) is 9.55 Å². The number of fused-ring (bicyclic) bond motifs is 1. The maximum absolute atomic E-state index is 12.3. The Morgan fingerprint density at radius 2 is 2.09 bits per heavy atom. The second-order valence-corrected chi connectivity index (χ2v) is 6.32. The van der Waals surface area contributed by atoms with Gasteiger partial charge in [0, 0.05) is 23.3 Å². The first-order valence-corrected chi connectivity index (χ1v) is 8.40.